The van der Waals surface area contributed by atoms with Gasteiger partial charge in [0.05, 0.1) is 11.7 Å². The molecule has 0 bridgehead atoms. The van der Waals surface area contributed by atoms with Crippen molar-refractivity contribution in [2.45, 2.75) is 65.1 Å². The van der Waals surface area contributed by atoms with Crippen LogP contribution in [-0.4, -0.2) is 27.8 Å². The molecule has 112 valence electrons. The topological polar surface area (TPSA) is 59.0 Å². The molecule has 1 aromatic rings. The third-order valence-corrected chi connectivity index (χ3v) is 4.34. The molecule has 20 heavy (non-hydrogen) atoms. The number of aryl methyl sites for hydroxylation is 2. The van der Waals surface area contributed by atoms with Gasteiger partial charge in [0.25, 0.3) is 0 Å². The van der Waals surface area contributed by atoms with E-state index in [1.807, 2.05) is 25.6 Å². The average Bonchev–Trinajstić information content (AvgIpc) is 2.98. The van der Waals surface area contributed by atoms with Gasteiger partial charge in [-0.05, 0) is 33.6 Å². The van der Waals surface area contributed by atoms with Crippen molar-refractivity contribution in [3.8, 4) is 0 Å². The zero-order valence-corrected chi connectivity index (χ0v) is 13.0. The molecule has 2 N–H and O–H groups in total. The molecule has 1 aliphatic carbocycles. The number of hydrogen-bond donors (Lipinski definition) is 2. The second-order valence-corrected chi connectivity index (χ2v) is 5.87. The summed E-state index contributed by atoms with van der Waals surface area (Å²) in [6.45, 7) is 6.67. The standard InChI is InChI=1S/C15H26N4O/c1-10-14(12(3)19(4)18-10)9-16-11(2)15(20)17-13-7-5-6-8-13/h11,13,16H,5-9H2,1-4H3,(H,17,20). The van der Waals surface area contributed by atoms with E-state index in [9.17, 15) is 4.79 Å². The van der Waals surface area contributed by atoms with Gasteiger partial charge in [0, 0.05) is 30.9 Å². The normalized spacial score (nSPS) is 17.4. The minimum Gasteiger partial charge on any atom is -0.352 e. The van der Waals surface area contributed by atoms with Crippen LogP contribution in [0.15, 0.2) is 0 Å². The Morgan fingerprint density at radius 3 is 2.60 bits per heavy atom. The number of carbonyl (C=O) groups excluding carboxylic acids is 1. The molecule has 0 radical (unpaired) electrons. The van der Waals surface area contributed by atoms with Gasteiger partial charge in [-0.15, -0.1) is 0 Å². The van der Waals surface area contributed by atoms with Gasteiger partial charge in [0.15, 0.2) is 0 Å². The Morgan fingerprint density at radius 2 is 2.05 bits per heavy atom. The van der Waals surface area contributed by atoms with Crippen molar-refractivity contribution < 1.29 is 4.79 Å². The molecule has 1 aliphatic rings. The maximum Gasteiger partial charge on any atom is 0.237 e. The second kappa shape index (κ2) is 6.39. The lowest BCUT2D eigenvalue weighted by Gasteiger charge is -2.18. The van der Waals surface area contributed by atoms with Crippen LogP contribution in [0.25, 0.3) is 0 Å². The van der Waals surface area contributed by atoms with Gasteiger partial charge in [-0.1, -0.05) is 12.8 Å². The highest BCUT2D eigenvalue weighted by Gasteiger charge is 2.20. The SMILES string of the molecule is Cc1nn(C)c(C)c1CNC(C)C(=O)NC1CCCC1. The molecule has 5 heteroatoms. The van der Waals surface area contributed by atoms with Crippen molar-refractivity contribution in [1.29, 1.82) is 0 Å². The second-order valence-electron chi connectivity index (χ2n) is 5.87. The van der Waals surface area contributed by atoms with Gasteiger partial charge in [0.1, 0.15) is 0 Å². The number of amides is 1. The fourth-order valence-corrected chi connectivity index (χ4v) is 2.82. The van der Waals surface area contributed by atoms with Crippen LogP contribution in [0, 0.1) is 13.8 Å². The number of nitrogens with zero attached hydrogens (tertiary/aromatic N) is 2. The first-order valence-electron chi connectivity index (χ1n) is 7.52. The lowest BCUT2D eigenvalue weighted by molar-refractivity contribution is -0.123. The summed E-state index contributed by atoms with van der Waals surface area (Å²) >= 11 is 0. The van der Waals surface area contributed by atoms with Crippen molar-refractivity contribution in [2.24, 2.45) is 7.05 Å². The number of aromatic nitrogens is 2. The van der Waals surface area contributed by atoms with E-state index in [0.717, 1.165) is 24.2 Å². The Balaban J connectivity index is 1.84. The summed E-state index contributed by atoms with van der Waals surface area (Å²) in [4.78, 5) is 12.1. The Morgan fingerprint density at radius 1 is 1.40 bits per heavy atom. The predicted octanol–water partition coefficient (Wildman–Crippen LogP) is 1.57. The smallest absolute Gasteiger partial charge is 0.237 e. The van der Waals surface area contributed by atoms with E-state index in [1.165, 1.54) is 18.4 Å². The van der Waals surface area contributed by atoms with Crippen LogP contribution < -0.4 is 10.6 Å². The molecule has 1 aromatic heterocycles. The van der Waals surface area contributed by atoms with Gasteiger partial charge in [-0.3, -0.25) is 9.48 Å². The van der Waals surface area contributed by atoms with Crippen LogP contribution >= 0.6 is 0 Å². The fourth-order valence-electron chi connectivity index (χ4n) is 2.82. The van der Waals surface area contributed by atoms with Crippen LogP contribution in [0.4, 0.5) is 0 Å². The first-order chi connectivity index (χ1) is 9.49. The zero-order valence-electron chi connectivity index (χ0n) is 13.0. The third kappa shape index (κ3) is 3.39. The summed E-state index contributed by atoms with van der Waals surface area (Å²) in [5, 5.41) is 10.8. The minimum atomic E-state index is -0.172. The monoisotopic (exact) mass is 278 g/mol. The Labute approximate surface area is 121 Å². The Bertz CT molecular complexity index is 474. The number of carbonyl (C=O) groups is 1. The molecule has 0 saturated heterocycles. The lowest BCUT2D eigenvalue weighted by atomic mass is 10.1. The van der Waals surface area contributed by atoms with Crippen LogP contribution in [-0.2, 0) is 18.4 Å². The van der Waals surface area contributed by atoms with Crippen molar-refractivity contribution in [2.75, 3.05) is 0 Å². The molecule has 1 saturated carbocycles. The van der Waals surface area contributed by atoms with Gasteiger partial charge < -0.3 is 10.6 Å². The lowest BCUT2D eigenvalue weighted by Crippen LogP contribution is -2.45. The maximum absolute atomic E-state index is 12.1. The summed E-state index contributed by atoms with van der Waals surface area (Å²) in [5.41, 5.74) is 3.37. The minimum absolute atomic E-state index is 0.107. The largest absolute Gasteiger partial charge is 0.352 e. The summed E-state index contributed by atoms with van der Waals surface area (Å²) < 4.78 is 1.88. The molecule has 1 heterocycles. The number of rotatable bonds is 5. The van der Waals surface area contributed by atoms with Gasteiger partial charge >= 0.3 is 0 Å². The summed E-state index contributed by atoms with van der Waals surface area (Å²) in [7, 11) is 1.95. The molecular formula is C15H26N4O. The van der Waals surface area contributed by atoms with E-state index >= 15 is 0 Å². The van der Waals surface area contributed by atoms with Gasteiger partial charge in [0.2, 0.25) is 5.91 Å². The third-order valence-electron chi connectivity index (χ3n) is 4.34. The van der Waals surface area contributed by atoms with Crippen LogP contribution in [0.3, 0.4) is 0 Å². The van der Waals surface area contributed by atoms with Gasteiger partial charge in [-0.2, -0.15) is 5.10 Å². The average molecular weight is 278 g/mol. The zero-order chi connectivity index (χ0) is 14.7. The highest BCUT2D eigenvalue weighted by atomic mass is 16.2. The summed E-state index contributed by atoms with van der Waals surface area (Å²) in [6, 6.07) is 0.211. The molecule has 0 aliphatic heterocycles. The van der Waals surface area contributed by atoms with Crippen molar-refractivity contribution in [1.82, 2.24) is 20.4 Å². The molecule has 0 aromatic carbocycles. The van der Waals surface area contributed by atoms with Crippen LogP contribution in [0.5, 0.6) is 0 Å². The number of hydrogen-bond acceptors (Lipinski definition) is 3. The molecule has 5 nitrogen and oxygen atoms in total. The van der Waals surface area contributed by atoms with Gasteiger partial charge in [-0.25, -0.2) is 0 Å². The number of nitrogens with one attached hydrogen (secondary N) is 2. The summed E-state index contributed by atoms with van der Waals surface area (Å²) in [5.74, 6) is 0.107. The predicted molar refractivity (Wildman–Crippen MR) is 79.4 cm³/mol. The Hall–Kier alpha value is -1.36. The fraction of sp³-hybridized carbons (Fsp3) is 0.733. The highest BCUT2D eigenvalue weighted by molar-refractivity contribution is 5.81. The van der Waals surface area contributed by atoms with E-state index in [-0.39, 0.29) is 11.9 Å². The van der Waals surface area contributed by atoms with Crippen molar-refractivity contribution in [3.05, 3.63) is 17.0 Å². The van der Waals surface area contributed by atoms with E-state index in [4.69, 9.17) is 0 Å². The highest BCUT2D eigenvalue weighted by Crippen LogP contribution is 2.17. The van der Waals surface area contributed by atoms with E-state index in [2.05, 4.69) is 22.7 Å². The quantitative estimate of drug-likeness (QED) is 0.859. The van der Waals surface area contributed by atoms with E-state index in [1.54, 1.807) is 0 Å². The molecule has 1 amide bonds. The van der Waals surface area contributed by atoms with Crippen LogP contribution in [0.2, 0.25) is 0 Å². The molecule has 0 spiro atoms. The molecular weight excluding hydrogens is 252 g/mol. The molecule has 2 rings (SSSR count). The molecule has 1 atom stereocenters. The molecule has 1 unspecified atom stereocenters. The van der Waals surface area contributed by atoms with Crippen molar-refractivity contribution in [3.63, 3.8) is 0 Å². The molecule has 1 fully saturated rings. The first-order valence-corrected chi connectivity index (χ1v) is 7.52. The summed E-state index contributed by atoms with van der Waals surface area (Å²) in [6.07, 6.45) is 4.72. The van der Waals surface area contributed by atoms with E-state index in [0.29, 0.717) is 12.6 Å². The maximum atomic E-state index is 12.1. The first kappa shape index (κ1) is 15.0. The Kier molecular flexibility index (Phi) is 4.81. The van der Waals surface area contributed by atoms with Crippen molar-refractivity contribution >= 4 is 5.91 Å². The van der Waals surface area contributed by atoms with E-state index < -0.39 is 0 Å². The van der Waals surface area contributed by atoms with Crippen LogP contribution in [0.1, 0.15) is 49.6 Å².